The second kappa shape index (κ2) is 7.62. The van der Waals surface area contributed by atoms with E-state index in [1.807, 2.05) is 0 Å². The lowest BCUT2D eigenvalue weighted by molar-refractivity contribution is -0.0137. The van der Waals surface area contributed by atoms with Gasteiger partial charge >= 0.3 is 0 Å². The highest BCUT2D eigenvalue weighted by Gasteiger charge is 2.16. The molecule has 0 aromatic heterocycles. The van der Waals surface area contributed by atoms with Crippen molar-refractivity contribution in [3.8, 4) is 0 Å². The molecule has 0 radical (unpaired) electrons. The van der Waals surface area contributed by atoms with Crippen LogP contribution in [0.3, 0.4) is 0 Å². The molecule has 20 heavy (non-hydrogen) atoms. The molecule has 2 unspecified atom stereocenters. The molecule has 1 aromatic rings. The molecule has 2 atom stereocenters. The van der Waals surface area contributed by atoms with Crippen molar-refractivity contribution in [1.29, 1.82) is 0 Å². The monoisotopic (exact) mass is 279 g/mol. The van der Waals surface area contributed by atoms with Gasteiger partial charge in [-0.1, -0.05) is 6.07 Å². The maximum Gasteiger partial charge on any atom is 0.0945 e. The van der Waals surface area contributed by atoms with Gasteiger partial charge in [0, 0.05) is 18.8 Å². The van der Waals surface area contributed by atoms with Crippen molar-refractivity contribution < 1.29 is 14.6 Å². The Bertz CT molecular complexity index is 396. The van der Waals surface area contributed by atoms with Crippen molar-refractivity contribution in [2.75, 3.05) is 31.7 Å². The average Bonchev–Trinajstić information content (AvgIpc) is 2.88. The number of aliphatic hydroxyl groups is 1. The first-order chi connectivity index (χ1) is 9.63. The SMILES string of the molecule is Cc1cc(C)cc(NCC(O)COCC2CCCO2)c1. The third kappa shape index (κ3) is 5.12. The van der Waals surface area contributed by atoms with Crippen molar-refractivity contribution in [3.63, 3.8) is 0 Å². The molecule has 2 N–H and O–H groups in total. The molecule has 1 aromatic carbocycles. The maximum absolute atomic E-state index is 9.89. The standard InChI is InChI=1S/C16H25NO3/c1-12-6-13(2)8-14(7-12)17-9-15(18)10-19-11-16-4-3-5-20-16/h6-8,15-18H,3-5,9-11H2,1-2H3. The van der Waals surface area contributed by atoms with Gasteiger partial charge in [-0.25, -0.2) is 0 Å². The van der Waals surface area contributed by atoms with E-state index < -0.39 is 6.10 Å². The summed E-state index contributed by atoms with van der Waals surface area (Å²) in [6.45, 7) is 6.40. The fourth-order valence-electron chi connectivity index (χ4n) is 2.48. The normalized spacial score (nSPS) is 20.1. The number of ether oxygens (including phenoxy) is 2. The van der Waals surface area contributed by atoms with Crippen LogP contribution in [-0.2, 0) is 9.47 Å². The first-order valence-electron chi connectivity index (χ1n) is 7.33. The molecule has 0 saturated carbocycles. The van der Waals surface area contributed by atoms with E-state index in [4.69, 9.17) is 9.47 Å². The van der Waals surface area contributed by atoms with E-state index in [9.17, 15) is 5.11 Å². The minimum atomic E-state index is -0.503. The number of anilines is 1. The number of nitrogens with one attached hydrogen (secondary N) is 1. The molecule has 1 heterocycles. The molecule has 1 aliphatic heterocycles. The van der Waals surface area contributed by atoms with E-state index in [1.54, 1.807) is 0 Å². The first kappa shape index (κ1) is 15.3. The van der Waals surface area contributed by atoms with Crippen molar-refractivity contribution in [2.24, 2.45) is 0 Å². The molecular weight excluding hydrogens is 254 g/mol. The molecule has 0 bridgehead atoms. The molecule has 0 aliphatic carbocycles. The second-order valence-electron chi connectivity index (χ2n) is 5.58. The Hall–Kier alpha value is -1.10. The lowest BCUT2D eigenvalue weighted by Gasteiger charge is -2.15. The van der Waals surface area contributed by atoms with Crippen LogP contribution in [0.5, 0.6) is 0 Å². The highest BCUT2D eigenvalue weighted by Crippen LogP contribution is 2.14. The van der Waals surface area contributed by atoms with Crippen LogP contribution < -0.4 is 5.32 Å². The van der Waals surface area contributed by atoms with E-state index in [2.05, 4.69) is 37.4 Å². The number of hydrogen-bond donors (Lipinski definition) is 2. The first-order valence-corrected chi connectivity index (χ1v) is 7.33. The summed E-state index contributed by atoms with van der Waals surface area (Å²) in [7, 11) is 0. The van der Waals surface area contributed by atoms with E-state index in [0.29, 0.717) is 19.8 Å². The van der Waals surface area contributed by atoms with Crippen molar-refractivity contribution in [2.45, 2.75) is 38.9 Å². The number of aryl methyl sites for hydroxylation is 2. The lowest BCUT2D eigenvalue weighted by atomic mass is 10.1. The van der Waals surface area contributed by atoms with Gasteiger partial charge in [-0.15, -0.1) is 0 Å². The fourth-order valence-corrected chi connectivity index (χ4v) is 2.48. The van der Waals surface area contributed by atoms with Gasteiger partial charge < -0.3 is 19.9 Å². The van der Waals surface area contributed by atoms with Crippen LogP contribution in [0, 0.1) is 13.8 Å². The van der Waals surface area contributed by atoms with Crippen LogP contribution in [0.2, 0.25) is 0 Å². The van der Waals surface area contributed by atoms with E-state index in [0.717, 1.165) is 25.1 Å². The molecule has 4 heteroatoms. The Morgan fingerprint density at radius 1 is 1.35 bits per heavy atom. The Labute approximate surface area is 121 Å². The minimum absolute atomic E-state index is 0.217. The third-order valence-corrected chi connectivity index (χ3v) is 3.40. The summed E-state index contributed by atoms with van der Waals surface area (Å²) in [5.41, 5.74) is 3.48. The number of hydrogen-bond acceptors (Lipinski definition) is 4. The summed E-state index contributed by atoms with van der Waals surface area (Å²) in [5, 5.41) is 13.1. The van der Waals surface area contributed by atoms with Gasteiger partial charge in [-0.05, 0) is 49.9 Å². The molecule has 4 nitrogen and oxygen atoms in total. The Balaban J connectivity index is 1.65. The summed E-state index contributed by atoms with van der Waals surface area (Å²) in [5.74, 6) is 0. The van der Waals surface area contributed by atoms with Crippen LogP contribution in [0.15, 0.2) is 18.2 Å². The molecule has 0 spiro atoms. The van der Waals surface area contributed by atoms with E-state index >= 15 is 0 Å². The van der Waals surface area contributed by atoms with Gasteiger partial charge in [-0.2, -0.15) is 0 Å². The zero-order valence-electron chi connectivity index (χ0n) is 12.4. The molecule has 2 rings (SSSR count). The number of rotatable bonds is 7. The molecule has 0 amide bonds. The maximum atomic E-state index is 9.89. The van der Waals surface area contributed by atoms with Crippen molar-refractivity contribution in [1.82, 2.24) is 0 Å². The predicted octanol–water partition coefficient (Wildman–Crippen LogP) is 2.27. The van der Waals surface area contributed by atoms with Crippen LogP contribution in [0.25, 0.3) is 0 Å². The Morgan fingerprint density at radius 2 is 2.10 bits per heavy atom. The van der Waals surface area contributed by atoms with Gasteiger partial charge in [0.25, 0.3) is 0 Å². The van der Waals surface area contributed by atoms with Crippen molar-refractivity contribution in [3.05, 3.63) is 29.3 Å². The quantitative estimate of drug-likeness (QED) is 0.804. The second-order valence-corrected chi connectivity index (χ2v) is 5.58. The van der Waals surface area contributed by atoms with Crippen LogP contribution in [0.4, 0.5) is 5.69 Å². The Kier molecular flexibility index (Phi) is 5.83. The molecule has 1 aliphatic rings. The van der Waals surface area contributed by atoms with Gasteiger partial charge in [0.1, 0.15) is 0 Å². The zero-order valence-corrected chi connectivity index (χ0v) is 12.4. The van der Waals surface area contributed by atoms with Crippen LogP contribution >= 0.6 is 0 Å². The van der Waals surface area contributed by atoms with Crippen LogP contribution in [0.1, 0.15) is 24.0 Å². The fraction of sp³-hybridized carbons (Fsp3) is 0.625. The summed E-state index contributed by atoms with van der Waals surface area (Å²) in [6.07, 6.45) is 1.90. The summed E-state index contributed by atoms with van der Waals surface area (Å²) < 4.78 is 11.0. The van der Waals surface area contributed by atoms with Gasteiger partial charge in [0.05, 0.1) is 25.4 Å². The topological polar surface area (TPSA) is 50.7 Å². The van der Waals surface area contributed by atoms with Crippen molar-refractivity contribution >= 4 is 5.69 Å². The summed E-state index contributed by atoms with van der Waals surface area (Å²) >= 11 is 0. The average molecular weight is 279 g/mol. The predicted molar refractivity (Wildman–Crippen MR) is 80.2 cm³/mol. The van der Waals surface area contributed by atoms with Crippen LogP contribution in [-0.4, -0.2) is 43.7 Å². The minimum Gasteiger partial charge on any atom is -0.389 e. The van der Waals surface area contributed by atoms with Gasteiger partial charge in [0.15, 0.2) is 0 Å². The summed E-state index contributed by atoms with van der Waals surface area (Å²) in [6, 6.07) is 6.28. The molecule has 112 valence electrons. The Morgan fingerprint density at radius 3 is 2.75 bits per heavy atom. The smallest absolute Gasteiger partial charge is 0.0945 e. The highest BCUT2D eigenvalue weighted by molar-refractivity contribution is 5.48. The van der Waals surface area contributed by atoms with Gasteiger partial charge in [0.2, 0.25) is 0 Å². The highest BCUT2D eigenvalue weighted by atomic mass is 16.5. The largest absolute Gasteiger partial charge is 0.389 e. The van der Waals surface area contributed by atoms with E-state index in [1.165, 1.54) is 11.1 Å². The van der Waals surface area contributed by atoms with E-state index in [-0.39, 0.29) is 6.10 Å². The molecular formula is C16H25NO3. The summed E-state index contributed by atoms with van der Waals surface area (Å²) in [4.78, 5) is 0. The molecule has 1 fully saturated rings. The number of aliphatic hydroxyl groups excluding tert-OH is 1. The molecule has 1 saturated heterocycles. The zero-order chi connectivity index (χ0) is 14.4. The van der Waals surface area contributed by atoms with Gasteiger partial charge in [-0.3, -0.25) is 0 Å². The lowest BCUT2D eigenvalue weighted by Crippen LogP contribution is -2.27. The number of benzene rings is 1. The third-order valence-electron chi connectivity index (χ3n) is 3.40.